The Morgan fingerprint density at radius 1 is 0.800 bits per heavy atom. The third-order valence-electron chi connectivity index (χ3n) is 5.16. The zero-order valence-corrected chi connectivity index (χ0v) is 14.5. The maximum atomic E-state index is 2.65. The van der Waals surface area contributed by atoms with E-state index in [9.17, 15) is 0 Å². The molecule has 0 aromatic carbocycles. The number of rotatable bonds is 12. The van der Waals surface area contributed by atoms with Gasteiger partial charge < -0.3 is 4.90 Å². The molecule has 0 aromatic heterocycles. The van der Waals surface area contributed by atoms with Gasteiger partial charge in [0.2, 0.25) is 0 Å². The Kier molecular flexibility index (Phi) is 10.4. The lowest BCUT2D eigenvalue weighted by Gasteiger charge is -2.17. The predicted octanol–water partition coefficient (Wildman–Crippen LogP) is 6.03. The summed E-state index contributed by atoms with van der Waals surface area (Å²) in [5, 5.41) is 0. The SMILES string of the molecule is CCCCCCCCCCCCC1C[C@H](C)N(CC)C1. The van der Waals surface area contributed by atoms with Crippen LogP contribution in [0, 0.1) is 5.92 Å². The van der Waals surface area contributed by atoms with Gasteiger partial charge >= 0.3 is 0 Å². The molecule has 0 amide bonds. The molecule has 0 radical (unpaired) electrons. The largest absolute Gasteiger partial charge is 0.301 e. The van der Waals surface area contributed by atoms with Crippen molar-refractivity contribution in [2.45, 2.75) is 104 Å². The van der Waals surface area contributed by atoms with Gasteiger partial charge in [0.05, 0.1) is 0 Å². The van der Waals surface area contributed by atoms with Crippen LogP contribution < -0.4 is 0 Å². The summed E-state index contributed by atoms with van der Waals surface area (Å²) in [6.07, 6.45) is 17.6. The Labute approximate surface area is 128 Å². The van der Waals surface area contributed by atoms with Gasteiger partial charge in [-0.3, -0.25) is 0 Å². The summed E-state index contributed by atoms with van der Waals surface area (Å²) in [5.74, 6) is 0.999. The molecule has 1 aliphatic rings. The summed E-state index contributed by atoms with van der Waals surface area (Å²) in [6.45, 7) is 9.62. The van der Waals surface area contributed by atoms with Crippen LogP contribution in [-0.2, 0) is 0 Å². The van der Waals surface area contributed by atoms with Crippen LogP contribution in [-0.4, -0.2) is 24.0 Å². The minimum Gasteiger partial charge on any atom is -0.301 e. The number of nitrogens with zero attached hydrogens (tertiary/aromatic N) is 1. The van der Waals surface area contributed by atoms with E-state index in [0.717, 1.165) is 12.0 Å². The predicted molar refractivity (Wildman–Crippen MR) is 91.3 cm³/mol. The van der Waals surface area contributed by atoms with Crippen LogP contribution in [0.15, 0.2) is 0 Å². The average molecular weight is 282 g/mol. The van der Waals surface area contributed by atoms with Crippen molar-refractivity contribution in [2.75, 3.05) is 13.1 Å². The second kappa shape index (κ2) is 11.6. The van der Waals surface area contributed by atoms with Crippen molar-refractivity contribution in [3.8, 4) is 0 Å². The Hall–Kier alpha value is -0.0400. The summed E-state index contributed by atoms with van der Waals surface area (Å²) < 4.78 is 0. The summed E-state index contributed by atoms with van der Waals surface area (Å²) in [7, 11) is 0. The van der Waals surface area contributed by atoms with Gasteiger partial charge in [0, 0.05) is 12.6 Å². The molecular weight excluding hydrogens is 242 g/mol. The fourth-order valence-electron chi connectivity index (χ4n) is 3.79. The Balaban J connectivity index is 1.83. The fraction of sp³-hybridized carbons (Fsp3) is 1.00. The first kappa shape index (κ1) is 18.0. The minimum absolute atomic E-state index is 0.841. The molecule has 1 saturated heterocycles. The summed E-state index contributed by atoms with van der Waals surface area (Å²) >= 11 is 0. The van der Waals surface area contributed by atoms with Crippen LogP contribution in [0.5, 0.6) is 0 Å². The molecule has 20 heavy (non-hydrogen) atoms. The van der Waals surface area contributed by atoms with Crippen molar-refractivity contribution < 1.29 is 0 Å². The molecule has 0 aliphatic carbocycles. The number of unbranched alkanes of at least 4 members (excludes halogenated alkanes) is 9. The molecule has 120 valence electrons. The first-order valence-corrected chi connectivity index (χ1v) is 9.52. The Bertz CT molecular complexity index is 214. The van der Waals surface area contributed by atoms with Crippen LogP contribution in [0.3, 0.4) is 0 Å². The molecule has 2 atom stereocenters. The van der Waals surface area contributed by atoms with Gasteiger partial charge in [-0.1, -0.05) is 78.1 Å². The number of hydrogen-bond donors (Lipinski definition) is 0. The third kappa shape index (κ3) is 7.67. The van der Waals surface area contributed by atoms with E-state index < -0.39 is 0 Å². The first-order valence-electron chi connectivity index (χ1n) is 9.52. The average Bonchev–Trinajstić information content (AvgIpc) is 2.81. The number of hydrogen-bond acceptors (Lipinski definition) is 1. The van der Waals surface area contributed by atoms with Crippen molar-refractivity contribution in [1.29, 1.82) is 0 Å². The van der Waals surface area contributed by atoms with Crippen LogP contribution in [0.2, 0.25) is 0 Å². The summed E-state index contributed by atoms with van der Waals surface area (Å²) in [4.78, 5) is 2.65. The second-order valence-electron chi connectivity index (χ2n) is 7.01. The van der Waals surface area contributed by atoms with Crippen molar-refractivity contribution in [2.24, 2.45) is 5.92 Å². The van der Waals surface area contributed by atoms with Crippen LogP contribution in [0.4, 0.5) is 0 Å². The van der Waals surface area contributed by atoms with Crippen molar-refractivity contribution in [1.82, 2.24) is 4.90 Å². The molecule has 1 unspecified atom stereocenters. The van der Waals surface area contributed by atoms with E-state index in [1.54, 1.807) is 0 Å². The van der Waals surface area contributed by atoms with E-state index in [-0.39, 0.29) is 0 Å². The van der Waals surface area contributed by atoms with E-state index in [2.05, 4.69) is 25.7 Å². The molecule has 0 aromatic rings. The van der Waals surface area contributed by atoms with Gasteiger partial charge in [0.1, 0.15) is 0 Å². The molecule has 0 N–H and O–H groups in total. The Morgan fingerprint density at radius 3 is 1.85 bits per heavy atom. The standard InChI is InChI=1S/C19H39N/c1-4-6-7-8-9-10-11-12-13-14-15-19-16-18(3)20(5-2)17-19/h18-19H,4-17H2,1-3H3/t18-,19?/m0/s1. The maximum Gasteiger partial charge on any atom is 0.00700 e. The fourth-order valence-corrected chi connectivity index (χ4v) is 3.79. The first-order chi connectivity index (χ1) is 9.77. The molecular formula is C19H39N. The molecule has 1 heteroatoms. The van der Waals surface area contributed by atoms with E-state index in [0.29, 0.717) is 0 Å². The normalized spacial score (nSPS) is 23.6. The van der Waals surface area contributed by atoms with Crippen molar-refractivity contribution in [3.05, 3.63) is 0 Å². The van der Waals surface area contributed by atoms with E-state index >= 15 is 0 Å². The summed E-state index contributed by atoms with van der Waals surface area (Å²) in [5.41, 5.74) is 0. The second-order valence-corrected chi connectivity index (χ2v) is 7.01. The molecule has 0 spiro atoms. The Morgan fingerprint density at radius 2 is 1.35 bits per heavy atom. The van der Waals surface area contributed by atoms with Crippen molar-refractivity contribution in [3.63, 3.8) is 0 Å². The van der Waals surface area contributed by atoms with Gasteiger partial charge in [-0.05, 0) is 32.2 Å². The summed E-state index contributed by atoms with van der Waals surface area (Å²) in [6, 6.07) is 0.841. The van der Waals surface area contributed by atoms with Crippen LogP contribution in [0.1, 0.15) is 97.8 Å². The molecule has 1 fully saturated rings. The minimum atomic E-state index is 0.841. The molecule has 1 nitrogen and oxygen atoms in total. The van der Waals surface area contributed by atoms with Gasteiger partial charge in [-0.2, -0.15) is 0 Å². The van der Waals surface area contributed by atoms with Gasteiger partial charge in [-0.15, -0.1) is 0 Å². The highest BCUT2D eigenvalue weighted by Crippen LogP contribution is 2.27. The molecule has 1 aliphatic heterocycles. The highest BCUT2D eigenvalue weighted by atomic mass is 15.2. The lowest BCUT2D eigenvalue weighted by Crippen LogP contribution is -2.26. The van der Waals surface area contributed by atoms with Gasteiger partial charge in [-0.25, -0.2) is 0 Å². The molecule has 0 saturated carbocycles. The highest BCUT2D eigenvalue weighted by Gasteiger charge is 2.26. The monoisotopic (exact) mass is 281 g/mol. The quantitative estimate of drug-likeness (QED) is 0.395. The topological polar surface area (TPSA) is 3.24 Å². The zero-order valence-electron chi connectivity index (χ0n) is 14.5. The molecule has 0 bridgehead atoms. The van der Waals surface area contributed by atoms with Gasteiger partial charge in [0.25, 0.3) is 0 Å². The van der Waals surface area contributed by atoms with E-state index in [1.807, 2.05) is 0 Å². The zero-order chi connectivity index (χ0) is 14.6. The van der Waals surface area contributed by atoms with E-state index in [4.69, 9.17) is 0 Å². The van der Waals surface area contributed by atoms with Crippen molar-refractivity contribution >= 4 is 0 Å². The smallest absolute Gasteiger partial charge is 0.00700 e. The number of likely N-dealkylation sites (tertiary alicyclic amines) is 1. The van der Waals surface area contributed by atoms with Crippen LogP contribution in [0.25, 0.3) is 0 Å². The molecule has 1 rings (SSSR count). The maximum absolute atomic E-state index is 2.65. The highest BCUT2D eigenvalue weighted by molar-refractivity contribution is 4.81. The van der Waals surface area contributed by atoms with E-state index in [1.165, 1.54) is 90.1 Å². The molecule has 1 heterocycles. The lowest BCUT2D eigenvalue weighted by atomic mass is 9.98. The van der Waals surface area contributed by atoms with Gasteiger partial charge in [0.15, 0.2) is 0 Å². The lowest BCUT2D eigenvalue weighted by molar-refractivity contribution is 0.277. The van der Waals surface area contributed by atoms with Crippen LogP contribution >= 0.6 is 0 Å². The third-order valence-corrected chi connectivity index (χ3v) is 5.16.